The summed E-state index contributed by atoms with van der Waals surface area (Å²) in [5, 5.41) is 9.57. The van der Waals surface area contributed by atoms with Gasteiger partial charge in [0.1, 0.15) is 5.82 Å². The lowest BCUT2D eigenvalue weighted by molar-refractivity contribution is 0.102. The normalized spacial score (nSPS) is 10.4. The fraction of sp³-hybridized carbons (Fsp3) is 0.286. The topological polar surface area (TPSA) is 67.0 Å². The number of carbonyl (C=O) groups is 1. The Labute approximate surface area is 112 Å². The molecule has 5 heteroatoms. The van der Waals surface area contributed by atoms with Crippen molar-refractivity contribution in [1.82, 2.24) is 10.2 Å². The van der Waals surface area contributed by atoms with Gasteiger partial charge in [-0.05, 0) is 18.1 Å². The molecule has 2 aromatic rings. The van der Waals surface area contributed by atoms with Gasteiger partial charge in [-0.3, -0.25) is 9.89 Å². The Kier molecular flexibility index (Phi) is 4.30. The second kappa shape index (κ2) is 6.15. The number of methoxy groups -OCH3 is 1. The molecule has 0 unspecified atom stereocenters. The maximum Gasteiger partial charge on any atom is 0.257 e. The van der Waals surface area contributed by atoms with E-state index in [2.05, 4.69) is 15.5 Å². The van der Waals surface area contributed by atoms with Crippen molar-refractivity contribution >= 4 is 11.7 Å². The molecule has 1 heterocycles. The first-order valence-electron chi connectivity index (χ1n) is 6.16. The van der Waals surface area contributed by atoms with Crippen LogP contribution in [0.5, 0.6) is 0 Å². The summed E-state index contributed by atoms with van der Waals surface area (Å²) in [6, 6.07) is 7.39. The Morgan fingerprint density at radius 3 is 2.89 bits per heavy atom. The summed E-state index contributed by atoms with van der Waals surface area (Å²) in [5.74, 6) is 0.492. The number of hydrogen-bond donors (Lipinski definition) is 2. The van der Waals surface area contributed by atoms with Crippen molar-refractivity contribution < 1.29 is 9.53 Å². The van der Waals surface area contributed by atoms with Gasteiger partial charge in [-0.2, -0.15) is 5.10 Å². The zero-order chi connectivity index (χ0) is 13.7. The molecule has 0 saturated carbocycles. The first-order valence-corrected chi connectivity index (χ1v) is 6.16. The molecule has 0 aliphatic carbocycles. The van der Waals surface area contributed by atoms with Gasteiger partial charge in [0, 0.05) is 18.2 Å². The van der Waals surface area contributed by atoms with Gasteiger partial charge in [0.05, 0.1) is 12.8 Å². The van der Waals surface area contributed by atoms with Gasteiger partial charge >= 0.3 is 0 Å². The molecule has 0 atom stereocenters. The molecular formula is C14H17N3O2. The highest BCUT2D eigenvalue weighted by Gasteiger charge is 2.13. The number of anilines is 1. The number of aryl methyl sites for hydroxylation is 1. The molecule has 1 aromatic carbocycles. The largest absolute Gasteiger partial charge is 0.380 e. The number of carbonyl (C=O) groups excluding carboxylic acids is 1. The standard InChI is InChI=1S/C14H17N3O2/c1-3-10-8-15-17-13(10)16-14(18)12-7-5-4-6-11(12)9-19-2/h4-8H,3,9H2,1-2H3,(H2,15,16,17,18). The van der Waals surface area contributed by atoms with Crippen LogP contribution in [0.3, 0.4) is 0 Å². The third-order valence-corrected chi connectivity index (χ3v) is 2.90. The SMILES string of the molecule is CCc1cn[nH]c1NC(=O)c1ccccc1COC. The van der Waals surface area contributed by atoms with Crippen molar-refractivity contribution in [3.8, 4) is 0 Å². The second-order valence-corrected chi connectivity index (χ2v) is 4.17. The van der Waals surface area contributed by atoms with Crippen molar-refractivity contribution in [3.05, 3.63) is 47.2 Å². The van der Waals surface area contributed by atoms with E-state index in [4.69, 9.17) is 4.74 Å². The van der Waals surface area contributed by atoms with Crippen LogP contribution in [-0.2, 0) is 17.8 Å². The molecule has 2 rings (SSSR count). The number of aromatic nitrogens is 2. The van der Waals surface area contributed by atoms with Crippen LogP contribution in [0.4, 0.5) is 5.82 Å². The Bertz CT molecular complexity index is 563. The summed E-state index contributed by atoms with van der Waals surface area (Å²) in [4.78, 5) is 12.3. The predicted molar refractivity (Wildman–Crippen MR) is 73.1 cm³/mol. The molecule has 5 nitrogen and oxygen atoms in total. The molecule has 19 heavy (non-hydrogen) atoms. The lowest BCUT2D eigenvalue weighted by Crippen LogP contribution is -2.15. The Hall–Kier alpha value is -2.14. The first-order chi connectivity index (χ1) is 9.26. The van der Waals surface area contributed by atoms with Gasteiger partial charge in [0.2, 0.25) is 0 Å². The van der Waals surface area contributed by atoms with Gasteiger partial charge in [-0.15, -0.1) is 0 Å². The molecule has 0 aliphatic rings. The third-order valence-electron chi connectivity index (χ3n) is 2.90. The number of rotatable bonds is 5. The molecule has 0 spiro atoms. The predicted octanol–water partition coefficient (Wildman–Crippen LogP) is 2.37. The highest BCUT2D eigenvalue weighted by atomic mass is 16.5. The minimum absolute atomic E-state index is 0.161. The molecule has 0 bridgehead atoms. The highest BCUT2D eigenvalue weighted by Crippen LogP contribution is 2.15. The monoisotopic (exact) mass is 259 g/mol. The van der Waals surface area contributed by atoms with Crippen molar-refractivity contribution in [3.63, 3.8) is 0 Å². The zero-order valence-electron chi connectivity index (χ0n) is 11.1. The molecule has 1 aromatic heterocycles. The van der Waals surface area contributed by atoms with E-state index < -0.39 is 0 Å². The smallest absolute Gasteiger partial charge is 0.257 e. The summed E-state index contributed by atoms with van der Waals surface area (Å²) in [7, 11) is 1.61. The van der Waals surface area contributed by atoms with Crippen LogP contribution in [0.1, 0.15) is 28.4 Å². The van der Waals surface area contributed by atoms with Gasteiger partial charge < -0.3 is 10.1 Å². The van der Waals surface area contributed by atoms with E-state index in [0.717, 1.165) is 17.5 Å². The number of H-pyrrole nitrogens is 1. The maximum absolute atomic E-state index is 12.3. The molecule has 0 fully saturated rings. The molecule has 0 radical (unpaired) electrons. The number of nitrogens with one attached hydrogen (secondary N) is 2. The highest BCUT2D eigenvalue weighted by molar-refractivity contribution is 6.05. The van der Waals surface area contributed by atoms with E-state index in [0.29, 0.717) is 18.0 Å². The van der Waals surface area contributed by atoms with Crippen LogP contribution in [0.2, 0.25) is 0 Å². The zero-order valence-corrected chi connectivity index (χ0v) is 11.1. The van der Waals surface area contributed by atoms with Crippen LogP contribution in [-0.4, -0.2) is 23.2 Å². The minimum Gasteiger partial charge on any atom is -0.380 e. The lowest BCUT2D eigenvalue weighted by atomic mass is 10.1. The quantitative estimate of drug-likeness (QED) is 0.866. The van der Waals surface area contributed by atoms with E-state index in [-0.39, 0.29) is 5.91 Å². The lowest BCUT2D eigenvalue weighted by Gasteiger charge is -2.09. The minimum atomic E-state index is -0.161. The third kappa shape index (κ3) is 3.00. The fourth-order valence-corrected chi connectivity index (χ4v) is 1.89. The Balaban J connectivity index is 2.20. The Morgan fingerprint density at radius 2 is 2.16 bits per heavy atom. The van der Waals surface area contributed by atoms with Gasteiger partial charge in [-0.1, -0.05) is 25.1 Å². The number of hydrogen-bond acceptors (Lipinski definition) is 3. The van der Waals surface area contributed by atoms with Crippen LogP contribution < -0.4 is 5.32 Å². The first kappa shape index (κ1) is 13.3. The summed E-state index contributed by atoms with van der Waals surface area (Å²) in [6.07, 6.45) is 2.53. The van der Waals surface area contributed by atoms with Gasteiger partial charge in [-0.25, -0.2) is 0 Å². The van der Waals surface area contributed by atoms with Crippen LogP contribution in [0.15, 0.2) is 30.5 Å². The van der Waals surface area contributed by atoms with E-state index in [9.17, 15) is 4.79 Å². The van der Waals surface area contributed by atoms with Crippen molar-refractivity contribution in [2.45, 2.75) is 20.0 Å². The van der Waals surface area contributed by atoms with Crippen molar-refractivity contribution in [2.75, 3.05) is 12.4 Å². The van der Waals surface area contributed by atoms with Crippen LogP contribution in [0, 0.1) is 0 Å². The number of nitrogens with zero attached hydrogens (tertiary/aromatic N) is 1. The number of benzene rings is 1. The van der Waals surface area contributed by atoms with E-state index in [1.807, 2.05) is 25.1 Å². The number of aromatic amines is 1. The maximum atomic E-state index is 12.3. The molecule has 100 valence electrons. The summed E-state index contributed by atoms with van der Waals surface area (Å²) >= 11 is 0. The molecule has 2 N–H and O–H groups in total. The average molecular weight is 259 g/mol. The van der Waals surface area contributed by atoms with Gasteiger partial charge in [0.15, 0.2) is 0 Å². The average Bonchev–Trinajstić information content (AvgIpc) is 2.87. The number of amides is 1. The summed E-state index contributed by atoms with van der Waals surface area (Å²) < 4.78 is 5.10. The van der Waals surface area contributed by atoms with Crippen LogP contribution in [0.25, 0.3) is 0 Å². The molecule has 0 aliphatic heterocycles. The van der Waals surface area contributed by atoms with E-state index in [1.165, 1.54) is 0 Å². The van der Waals surface area contributed by atoms with Crippen molar-refractivity contribution in [2.24, 2.45) is 0 Å². The fourth-order valence-electron chi connectivity index (χ4n) is 1.89. The van der Waals surface area contributed by atoms with E-state index >= 15 is 0 Å². The summed E-state index contributed by atoms with van der Waals surface area (Å²) in [5.41, 5.74) is 2.46. The van der Waals surface area contributed by atoms with Crippen LogP contribution >= 0.6 is 0 Å². The number of ether oxygens (including phenoxy) is 1. The molecule has 1 amide bonds. The Morgan fingerprint density at radius 1 is 1.37 bits per heavy atom. The van der Waals surface area contributed by atoms with Gasteiger partial charge in [0.25, 0.3) is 5.91 Å². The summed E-state index contributed by atoms with van der Waals surface area (Å²) in [6.45, 7) is 2.42. The van der Waals surface area contributed by atoms with Crippen molar-refractivity contribution in [1.29, 1.82) is 0 Å². The second-order valence-electron chi connectivity index (χ2n) is 4.17. The molecular weight excluding hydrogens is 242 g/mol. The van der Waals surface area contributed by atoms with E-state index in [1.54, 1.807) is 19.4 Å². The molecule has 0 saturated heterocycles.